The zero-order valence-corrected chi connectivity index (χ0v) is 12.4. The summed E-state index contributed by atoms with van der Waals surface area (Å²) in [4.78, 5) is 18.2. The molecule has 0 aliphatic rings. The van der Waals surface area contributed by atoms with Crippen LogP contribution in [0.25, 0.3) is 10.9 Å². The van der Waals surface area contributed by atoms with Gasteiger partial charge in [0.05, 0.1) is 5.52 Å². The molecule has 22 heavy (non-hydrogen) atoms. The summed E-state index contributed by atoms with van der Waals surface area (Å²) in [6.07, 6.45) is 1.81. The second-order valence-corrected chi connectivity index (χ2v) is 5.19. The highest BCUT2D eigenvalue weighted by atomic mass is 16.2. The highest BCUT2D eigenvalue weighted by Gasteiger charge is 2.09. The van der Waals surface area contributed by atoms with Crippen LogP contribution in [-0.2, 0) is 6.54 Å². The molecule has 1 N–H and O–H groups in total. The molecule has 0 bridgehead atoms. The predicted octanol–water partition coefficient (Wildman–Crippen LogP) is 3.90. The van der Waals surface area contributed by atoms with Gasteiger partial charge in [0.2, 0.25) is 0 Å². The Balaban J connectivity index is 1.69. The Kier molecular flexibility index (Phi) is 4.01. The number of anilines is 1. The molecule has 3 rings (SSSR count). The SMILES string of the molecule is CN(Cc1cnc2ccccc2c1)C(=O)Nc1ccccc1. The van der Waals surface area contributed by atoms with Crippen molar-refractivity contribution in [3.05, 3.63) is 72.4 Å². The third kappa shape index (κ3) is 3.23. The van der Waals surface area contributed by atoms with E-state index in [1.807, 2.05) is 60.8 Å². The molecule has 0 aliphatic carbocycles. The summed E-state index contributed by atoms with van der Waals surface area (Å²) in [6.45, 7) is 0.510. The summed E-state index contributed by atoms with van der Waals surface area (Å²) in [6, 6.07) is 19.3. The highest BCUT2D eigenvalue weighted by molar-refractivity contribution is 5.89. The van der Waals surface area contributed by atoms with Gasteiger partial charge in [0.1, 0.15) is 0 Å². The largest absolute Gasteiger partial charge is 0.323 e. The Morgan fingerprint density at radius 2 is 1.82 bits per heavy atom. The molecule has 0 saturated heterocycles. The fraction of sp³-hybridized carbons (Fsp3) is 0.111. The molecular weight excluding hydrogens is 274 g/mol. The van der Waals surface area contributed by atoms with E-state index in [4.69, 9.17) is 0 Å². The number of pyridine rings is 1. The fourth-order valence-electron chi connectivity index (χ4n) is 2.29. The molecular formula is C18H17N3O. The number of rotatable bonds is 3. The van der Waals surface area contributed by atoms with Gasteiger partial charge < -0.3 is 10.2 Å². The maximum absolute atomic E-state index is 12.2. The molecule has 0 radical (unpaired) electrons. The van der Waals surface area contributed by atoms with Crippen molar-refractivity contribution in [1.82, 2.24) is 9.88 Å². The van der Waals surface area contributed by atoms with E-state index < -0.39 is 0 Å². The molecule has 1 heterocycles. The first-order chi connectivity index (χ1) is 10.7. The van der Waals surface area contributed by atoms with Crippen LogP contribution in [0.2, 0.25) is 0 Å². The molecule has 2 aromatic carbocycles. The summed E-state index contributed by atoms with van der Waals surface area (Å²) in [5.74, 6) is 0. The summed E-state index contributed by atoms with van der Waals surface area (Å²) < 4.78 is 0. The average Bonchev–Trinajstić information content (AvgIpc) is 2.55. The predicted molar refractivity (Wildman–Crippen MR) is 88.7 cm³/mol. The van der Waals surface area contributed by atoms with Gasteiger partial charge >= 0.3 is 6.03 Å². The van der Waals surface area contributed by atoms with Crippen LogP contribution >= 0.6 is 0 Å². The van der Waals surface area contributed by atoms with E-state index in [0.29, 0.717) is 6.54 Å². The van der Waals surface area contributed by atoms with Crippen molar-refractivity contribution in [1.29, 1.82) is 0 Å². The van der Waals surface area contributed by atoms with Crippen LogP contribution in [0.15, 0.2) is 66.9 Å². The van der Waals surface area contributed by atoms with Gasteiger partial charge in [-0.3, -0.25) is 4.98 Å². The van der Waals surface area contributed by atoms with Gasteiger partial charge in [-0.2, -0.15) is 0 Å². The van der Waals surface area contributed by atoms with Gasteiger partial charge in [-0.1, -0.05) is 36.4 Å². The number of hydrogen-bond acceptors (Lipinski definition) is 2. The quantitative estimate of drug-likeness (QED) is 0.795. The summed E-state index contributed by atoms with van der Waals surface area (Å²) >= 11 is 0. The molecule has 0 atom stereocenters. The van der Waals surface area contributed by atoms with E-state index in [-0.39, 0.29) is 6.03 Å². The number of fused-ring (bicyclic) bond motifs is 1. The second kappa shape index (κ2) is 6.26. The number of amides is 2. The van der Waals surface area contributed by atoms with E-state index in [9.17, 15) is 4.79 Å². The van der Waals surface area contributed by atoms with Crippen molar-refractivity contribution in [2.45, 2.75) is 6.54 Å². The standard InChI is InChI=1S/C18H17N3O/c1-21(18(22)20-16-8-3-2-4-9-16)13-14-11-15-7-5-6-10-17(15)19-12-14/h2-12H,13H2,1H3,(H,20,22). The molecule has 3 aromatic rings. The third-order valence-electron chi connectivity index (χ3n) is 3.44. The van der Waals surface area contributed by atoms with Crippen molar-refractivity contribution in [3.8, 4) is 0 Å². The Labute approximate surface area is 129 Å². The third-order valence-corrected chi connectivity index (χ3v) is 3.44. The lowest BCUT2D eigenvalue weighted by molar-refractivity contribution is 0.220. The van der Waals surface area contributed by atoms with Crippen LogP contribution in [0.5, 0.6) is 0 Å². The second-order valence-electron chi connectivity index (χ2n) is 5.19. The Morgan fingerprint density at radius 1 is 1.09 bits per heavy atom. The van der Waals surface area contributed by atoms with Gasteiger partial charge in [0, 0.05) is 30.9 Å². The van der Waals surface area contributed by atoms with Gasteiger partial charge in [-0.15, -0.1) is 0 Å². The van der Waals surface area contributed by atoms with E-state index in [0.717, 1.165) is 22.2 Å². The number of benzene rings is 2. The van der Waals surface area contributed by atoms with Gasteiger partial charge in [-0.05, 0) is 29.8 Å². The van der Waals surface area contributed by atoms with E-state index in [2.05, 4.69) is 16.4 Å². The fourth-order valence-corrected chi connectivity index (χ4v) is 2.29. The van der Waals surface area contributed by atoms with Crippen molar-refractivity contribution in [2.75, 3.05) is 12.4 Å². The molecule has 0 unspecified atom stereocenters. The van der Waals surface area contributed by atoms with Gasteiger partial charge in [0.25, 0.3) is 0 Å². The van der Waals surface area contributed by atoms with Crippen molar-refractivity contribution >= 4 is 22.6 Å². The van der Waals surface area contributed by atoms with Crippen molar-refractivity contribution in [2.24, 2.45) is 0 Å². The van der Waals surface area contributed by atoms with Crippen molar-refractivity contribution in [3.63, 3.8) is 0 Å². The van der Waals surface area contributed by atoms with Crippen LogP contribution < -0.4 is 5.32 Å². The van der Waals surface area contributed by atoms with E-state index in [1.54, 1.807) is 11.9 Å². The molecule has 1 aromatic heterocycles. The molecule has 0 fully saturated rings. The molecule has 4 heteroatoms. The maximum atomic E-state index is 12.2. The van der Waals surface area contributed by atoms with Crippen LogP contribution in [0.4, 0.5) is 10.5 Å². The highest BCUT2D eigenvalue weighted by Crippen LogP contribution is 2.14. The number of hydrogen-bond donors (Lipinski definition) is 1. The smallest absolute Gasteiger partial charge is 0.321 e. The van der Waals surface area contributed by atoms with Crippen LogP contribution in [-0.4, -0.2) is 23.0 Å². The number of urea groups is 1. The summed E-state index contributed by atoms with van der Waals surface area (Å²) in [5.41, 5.74) is 2.75. The minimum atomic E-state index is -0.139. The number of nitrogens with one attached hydrogen (secondary N) is 1. The van der Waals surface area contributed by atoms with E-state index >= 15 is 0 Å². The lowest BCUT2D eigenvalue weighted by Gasteiger charge is -2.18. The molecule has 110 valence electrons. The number of carbonyl (C=O) groups excluding carboxylic acids is 1. The lowest BCUT2D eigenvalue weighted by atomic mass is 10.1. The monoisotopic (exact) mass is 291 g/mol. The first kappa shape index (κ1) is 14.1. The first-order valence-electron chi connectivity index (χ1n) is 7.13. The zero-order valence-electron chi connectivity index (χ0n) is 12.4. The minimum absolute atomic E-state index is 0.139. The minimum Gasteiger partial charge on any atom is -0.323 e. The van der Waals surface area contributed by atoms with Crippen molar-refractivity contribution < 1.29 is 4.79 Å². The summed E-state index contributed by atoms with van der Waals surface area (Å²) in [7, 11) is 1.77. The number of carbonyl (C=O) groups is 1. The molecule has 0 aliphatic heterocycles. The lowest BCUT2D eigenvalue weighted by Crippen LogP contribution is -2.30. The zero-order chi connectivity index (χ0) is 15.4. The number of nitrogens with zero attached hydrogens (tertiary/aromatic N) is 2. The topological polar surface area (TPSA) is 45.2 Å². The number of aromatic nitrogens is 1. The molecule has 0 spiro atoms. The normalized spacial score (nSPS) is 10.4. The van der Waals surface area contributed by atoms with Gasteiger partial charge in [0.15, 0.2) is 0 Å². The number of para-hydroxylation sites is 2. The maximum Gasteiger partial charge on any atom is 0.321 e. The Hall–Kier alpha value is -2.88. The average molecular weight is 291 g/mol. The Morgan fingerprint density at radius 3 is 2.64 bits per heavy atom. The summed E-state index contributed by atoms with van der Waals surface area (Å²) in [5, 5.41) is 3.95. The molecule has 2 amide bonds. The molecule has 0 saturated carbocycles. The van der Waals surface area contributed by atoms with Crippen LogP contribution in [0.3, 0.4) is 0 Å². The van der Waals surface area contributed by atoms with Gasteiger partial charge in [-0.25, -0.2) is 4.79 Å². The van der Waals surface area contributed by atoms with Crippen LogP contribution in [0.1, 0.15) is 5.56 Å². The molecule has 4 nitrogen and oxygen atoms in total. The first-order valence-corrected chi connectivity index (χ1v) is 7.13. The van der Waals surface area contributed by atoms with E-state index in [1.165, 1.54) is 0 Å². The van der Waals surface area contributed by atoms with Crippen LogP contribution in [0, 0.1) is 0 Å². The Bertz CT molecular complexity index is 786.